The van der Waals surface area contributed by atoms with Gasteiger partial charge >= 0.3 is 0 Å². The molecule has 0 radical (unpaired) electrons. The summed E-state index contributed by atoms with van der Waals surface area (Å²) >= 11 is 1.01. The van der Waals surface area contributed by atoms with Gasteiger partial charge in [-0.3, -0.25) is 19.7 Å². The van der Waals surface area contributed by atoms with E-state index in [2.05, 4.69) is 5.32 Å². The summed E-state index contributed by atoms with van der Waals surface area (Å²) in [5.41, 5.74) is 1.41. The molecule has 0 spiro atoms. The van der Waals surface area contributed by atoms with Gasteiger partial charge in [0.1, 0.15) is 12.4 Å². The Morgan fingerprint density at radius 2 is 1.97 bits per heavy atom. The van der Waals surface area contributed by atoms with Crippen molar-refractivity contribution in [1.29, 1.82) is 0 Å². The largest absolute Gasteiger partial charge is 0.493 e. The first-order chi connectivity index (χ1) is 14.5. The van der Waals surface area contributed by atoms with Crippen LogP contribution in [0.1, 0.15) is 15.9 Å². The molecule has 0 saturated carbocycles. The summed E-state index contributed by atoms with van der Waals surface area (Å²) in [5.74, 6) is 1.28. The Labute approximate surface area is 177 Å². The molecule has 2 aliphatic heterocycles. The highest BCUT2D eigenvalue weighted by Crippen LogP contribution is 2.34. The molecule has 0 aliphatic carbocycles. The van der Waals surface area contributed by atoms with Gasteiger partial charge in [0.25, 0.3) is 11.1 Å². The molecule has 156 valence electrons. The summed E-state index contributed by atoms with van der Waals surface area (Å²) in [7, 11) is 1.54. The number of benzene rings is 2. The summed E-state index contributed by atoms with van der Waals surface area (Å²) in [6.07, 6.45) is 0.477. The third-order valence-electron chi connectivity index (χ3n) is 4.82. The van der Waals surface area contributed by atoms with Crippen molar-refractivity contribution in [3.05, 3.63) is 53.6 Å². The van der Waals surface area contributed by atoms with Gasteiger partial charge in [0, 0.05) is 0 Å². The van der Waals surface area contributed by atoms with Crippen molar-refractivity contribution >= 4 is 28.8 Å². The van der Waals surface area contributed by atoms with Crippen molar-refractivity contribution in [3.63, 3.8) is 0 Å². The molecule has 8 nitrogen and oxygen atoms in total. The van der Waals surface area contributed by atoms with Gasteiger partial charge in [-0.25, -0.2) is 0 Å². The quantitative estimate of drug-likeness (QED) is 0.724. The predicted octanol–water partition coefficient (Wildman–Crippen LogP) is 2.46. The summed E-state index contributed by atoms with van der Waals surface area (Å²) in [5, 5.41) is 1.59. The van der Waals surface area contributed by atoms with Gasteiger partial charge in [0.05, 0.1) is 24.5 Å². The fraction of sp³-hybridized carbons (Fsp3) is 0.286. The molecule has 3 amide bonds. The van der Waals surface area contributed by atoms with Crippen LogP contribution in [0.15, 0.2) is 42.5 Å². The lowest BCUT2D eigenvalue weighted by atomic mass is 10.1. The van der Waals surface area contributed by atoms with Crippen LogP contribution >= 0.6 is 11.8 Å². The number of ether oxygens (including phenoxy) is 3. The van der Waals surface area contributed by atoms with Crippen molar-refractivity contribution in [2.75, 3.05) is 27.0 Å². The molecule has 2 heterocycles. The number of methoxy groups -OCH3 is 1. The van der Waals surface area contributed by atoms with Crippen molar-refractivity contribution in [1.82, 2.24) is 10.2 Å². The van der Waals surface area contributed by atoms with Gasteiger partial charge in [-0.1, -0.05) is 30.0 Å². The van der Waals surface area contributed by atoms with Crippen LogP contribution < -0.4 is 19.5 Å². The lowest BCUT2D eigenvalue weighted by Gasteiger charge is -2.29. The second-order valence-corrected chi connectivity index (χ2v) is 7.93. The minimum absolute atomic E-state index is 0.129. The first-order valence-corrected chi connectivity index (χ1v) is 10.3. The van der Waals surface area contributed by atoms with Gasteiger partial charge in [0.15, 0.2) is 18.2 Å². The molecule has 1 saturated heterocycles. The molecule has 9 heteroatoms. The van der Waals surface area contributed by atoms with E-state index in [1.165, 1.54) is 7.11 Å². The van der Waals surface area contributed by atoms with Crippen LogP contribution in [0.3, 0.4) is 0 Å². The van der Waals surface area contributed by atoms with Crippen LogP contribution in [0.2, 0.25) is 0 Å². The monoisotopic (exact) mass is 428 g/mol. The van der Waals surface area contributed by atoms with Crippen molar-refractivity contribution in [2.45, 2.75) is 11.7 Å². The standard InChI is InChI=1S/C21H20N2O6S/c1-27-16-4-2-3-15-18(16)29-12-23(20(15)25)9-10-28-14-7-5-13(6-8-14)11-17-19(24)22-21(26)30-17/h2-8,17H,9-12H2,1H3,(H,22,24,26). The first kappa shape index (κ1) is 20.1. The molecule has 2 aliphatic rings. The van der Waals surface area contributed by atoms with Crippen molar-refractivity contribution < 1.29 is 28.6 Å². The Morgan fingerprint density at radius 3 is 2.67 bits per heavy atom. The van der Waals surface area contributed by atoms with Gasteiger partial charge in [0.2, 0.25) is 5.91 Å². The minimum Gasteiger partial charge on any atom is -0.493 e. The number of nitrogens with one attached hydrogen (secondary N) is 1. The van der Waals surface area contributed by atoms with Crippen LogP contribution in [0.25, 0.3) is 0 Å². The number of fused-ring (bicyclic) bond motifs is 1. The zero-order valence-corrected chi connectivity index (χ0v) is 17.1. The number of rotatable bonds is 7. The number of amides is 3. The third kappa shape index (κ3) is 4.20. The lowest BCUT2D eigenvalue weighted by molar-refractivity contribution is -0.118. The van der Waals surface area contributed by atoms with Crippen LogP contribution in [-0.4, -0.2) is 54.2 Å². The van der Waals surface area contributed by atoms with Crippen LogP contribution in [0, 0.1) is 0 Å². The van der Waals surface area contributed by atoms with Gasteiger partial charge in [-0.2, -0.15) is 0 Å². The normalized spacial score (nSPS) is 18.0. The van der Waals surface area contributed by atoms with E-state index in [1.54, 1.807) is 23.1 Å². The fourth-order valence-corrected chi connectivity index (χ4v) is 4.13. The Bertz CT molecular complexity index is 978. The van der Waals surface area contributed by atoms with Gasteiger partial charge in [-0.05, 0) is 36.2 Å². The van der Waals surface area contributed by atoms with Gasteiger partial charge in [-0.15, -0.1) is 0 Å². The van der Waals surface area contributed by atoms with Gasteiger partial charge < -0.3 is 19.1 Å². The number of carbonyl (C=O) groups is 3. The molecular weight excluding hydrogens is 408 g/mol. The van der Waals surface area contributed by atoms with E-state index in [9.17, 15) is 14.4 Å². The second-order valence-electron chi connectivity index (χ2n) is 6.76. The topological polar surface area (TPSA) is 94.2 Å². The van der Waals surface area contributed by atoms with Crippen LogP contribution in [0.5, 0.6) is 17.2 Å². The highest BCUT2D eigenvalue weighted by Gasteiger charge is 2.31. The SMILES string of the molecule is COc1cccc2c1OCN(CCOc1ccc(CC3SC(=O)NC3=O)cc1)C2=O. The zero-order chi connectivity index (χ0) is 21.1. The Balaban J connectivity index is 1.29. The molecule has 4 rings (SSSR count). The second kappa shape index (κ2) is 8.66. The molecule has 1 fully saturated rings. The summed E-state index contributed by atoms with van der Waals surface area (Å²) in [4.78, 5) is 37.1. The Hall–Kier alpha value is -3.20. The van der Waals surface area contributed by atoms with Crippen molar-refractivity contribution in [3.8, 4) is 17.2 Å². The van der Waals surface area contributed by atoms with E-state index in [-0.39, 0.29) is 23.8 Å². The molecule has 30 heavy (non-hydrogen) atoms. The van der Waals surface area contributed by atoms with Crippen LogP contribution in [-0.2, 0) is 11.2 Å². The molecule has 1 unspecified atom stereocenters. The number of hydrogen-bond donors (Lipinski definition) is 1. The van der Waals surface area contributed by atoms with E-state index < -0.39 is 5.25 Å². The number of imide groups is 1. The maximum Gasteiger partial charge on any atom is 0.286 e. The van der Waals surface area contributed by atoms with E-state index >= 15 is 0 Å². The molecule has 0 aromatic heterocycles. The molecular formula is C21H20N2O6S. The highest BCUT2D eigenvalue weighted by atomic mass is 32.2. The van der Waals surface area contributed by atoms with E-state index in [4.69, 9.17) is 14.2 Å². The number of nitrogens with zero attached hydrogens (tertiary/aromatic N) is 1. The molecule has 1 N–H and O–H groups in total. The average Bonchev–Trinajstić information content (AvgIpc) is 3.07. The Morgan fingerprint density at radius 1 is 1.17 bits per heavy atom. The average molecular weight is 428 g/mol. The summed E-state index contributed by atoms with van der Waals surface area (Å²) in [6.45, 7) is 0.815. The smallest absolute Gasteiger partial charge is 0.286 e. The highest BCUT2D eigenvalue weighted by molar-refractivity contribution is 8.15. The maximum atomic E-state index is 12.7. The van der Waals surface area contributed by atoms with E-state index in [0.717, 1.165) is 17.3 Å². The molecule has 2 aromatic rings. The number of para-hydroxylation sites is 1. The predicted molar refractivity (Wildman–Crippen MR) is 110 cm³/mol. The summed E-state index contributed by atoms with van der Waals surface area (Å²) in [6, 6.07) is 12.6. The minimum atomic E-state index is -0.393. The maximum absolute atomic E-state index is 12.7. The zero-order valence-electron chi connectivity index (χ0n) is 16.3. The number of carbonyl (C=O) groups excluding carboxylic acids is 3. The first-order valence-electron chi connectivity index (χ1n) is 9.37. The third-order valence-corrected chi connectivity index (χ3v) is 5.80. The fourth-order valence-electron chi connectivity index (χ4n) is 3.27. The molecule has 0 bridgehead atoms. The van der Waals surface area contributed by atoms with Crippen LogP contribution in [0.4, 0.5) is 4.79 Å². The summed E-state index contributed by atoms with van der Waals surface area (Å²) < 4.78 is 16.7. The number of thioether (sulfide) groups is 1. The lowest BCUT2D eigenvalue weighted by Crippen LogP contribution is -2.41. The van der Waals surface area contributed by atoms with E-state index in [0.29, 0.717) is 42.4 Å². The number of hydrogen-bond acceptors (Lipinski definition) is 7. The Kier molecular flexibility index (Phi) is 5.80. The molecule has 2 aromatic carbocycles. The molecule has 1 atom stereocenters. The van der Waals surface area contributed by atoms with Crippen molar-refractivity contribution in [2.24, 2.45) is 0 Å². The van der Waals surface area contributed by atoms with E-state index in [1.807, 2.05) is 24.3 Å².